The maximum Gasteiger partial charge on any atom is 0.262 e. The summed E-state index contributed by atoms with van der Waals surface area (Å²) in [6.45, 7) is 1.77. The molecule has 2 bridgehead atoms. The second kappa shape index (κ2) is 7.94. The predicted molar refractivity (Wildman–Crippen MR) is 134 cm³/mol. The number of halogens is 1. The van der Waals surface area contributed by atoms with Gasteiger partial charge in [-0.05, 0) is 42.4 Å². The number of amides is 2. The molecule has 192 valence electrons. The molecule has 3 fully saturated rings. The van der Waals surface area contributed by atoms with Crippen molar-refractivity contribution < 1.29 is 28.7 Å². The molecule has 13 heteroatoms. The standard InChI is InChI=1S/C25H18ClN5O6S/c1-24-16(32)9-25(37-24,6-7-35-21-13-8-12(26)3-5-15(13)36-28-21)18-17(24)22(33)31(23(18)34)14-4-2-11(10-27)19-20(14)30-38-29-19/h2-5,8,16-18,32H,6-7,9H2,1H3/t16?,17-,18+,24-,25+/m0/s1. The van der Waals surface area contributed by atoms with Gasteiger partial charge >= 0.3 is 0 Å². The summed E-state index contributed by atoms with van der Waals surface area (Å²) >= 11 is 7.00. The van der Waals surface area contributed by atoms with Crippen LogP contribution < -0.4 is 9.64 Å². The molecule has 3 aliphatic heterocycles. The molecule has 7 rings (SSSR count). The van der Waals surface area contributed by atoms with Gasteiger partial charge in [0, 0.05) is 17.9 Å². The summed E-state index contributed by atoms with van der Waals surface area (Å²) < 4.78 is 26.0. The van der Waals surface area contributed by atoms with E-state index in [9.17, 15) is 20.0 Å². The number of hydrogen-bond acceptors (Lipinski definition) is 11. The SMILES string of the molecule is C[C@]12O[C@](CCOc3noc4ccc(Cl)cc34)(CC1O)[C@H]1C(=O)N(c3ccc(C#N)c4nsnc34)C(=O)[C@H]12. The van der Waals surface area contributed by atoms with Crippen molar-refractivity contribution in [2.24, 2.45) is 11.8 Å². The molecular weight excluding hydrogens is 534 g/mol. The lowest BCUT2D eigenvalue weighted by atomic mass is 9.66. The molecule has 0 saturated carbocycles. The topological polar surface area (TPSA) is 152 Å². The summed E-state index contributed by atoms with van der Waals surface area (Å²) in [4.78, 5) is 28.8. The zero-order valence-corrected chi connectivity index (χ0v) is 21.3. The number of carbonyl (C=O) groups is 2. The quantitative estimate of drug-likeness (QED) is 0.366. The average molecular weight is 552 g/mol. The van der Waals surface area contributed by atoms with Gasteiger partial charge < -0.3 is 19.1 Å². The van der Waals surface area contributed by atoms with Crippen LogP contribution in [-0.2, 0) is 14.3 Å². The molecule has 0 aliphatic carbocycles. The first kappa shape index (κ1) is 23.5. The first-order valence-electron chi connectivity index (χ1n) is 11.9. The van der Waals surface area contributed by atoms with Crippen molar-refractivity contribution in [3.8, 4) is 11.9 Å². The Bertz CT molecular complexity index is 1720. The first-order valence-corrected chi connectivity index (χ1v) is 13.0. The molecule has 3 aliphatic rings. The van der Waals surface area contributed by atoms with Crippen molar-refractivity contribution in [2.75, 3.05) is 11.5 Å². The van der Waals surface area contributed by atoms with E-state index in [0.29, 0.717) is 32.6 Å². The van der Waals surface area contributed by atoms with Crippen LogP contribution in [0.3, 0.4) is 0 Å². The number of benzene rings is 2. The van der Waals surface area contributed by atoms with E-state index in [4.69, 9.17) is 25.6 Å². The molecule has 0 radical (unpaired) electrons. The molecule has 4 aromatic rings. The summed E-state index contributed by atoms with van der Waals surface area (Å²) in [5.74, 6) is -2.37. The molecular formula is C25H18ClN5O6S. The monoisotopic (exact) mass is 551 g/mol. The highest BCUT2D eigenvalue weighted by atomic mass is 35.5. The third-order valence-electron chi connectivity index (χ3n) is 8.03. The Labute approximate surface area is 223 Å². The van der Waals surface area contributed by atoms with Gasteiger partial charge in [0.05, 0.1) is 58.5 Å². The molecule has 1 unspecified atom stereocenters. The summed E-state index contributed by atoms with van der Waals surface area (Å²) in [6, 6.07) is 10.2. The number of anilines is 1. The second-order valence-corrected chi connectivity index (χ2v) is 10.9. The lowest BCUT2D eigenvalue weighted by Crippen LogP contribution is -2.49. The van der Waals surface area contributed by atoms with Gasteiger partial charge in [0.2, 0.25) is 11.8 Å². The Hall–Kier alpha value is -3.63. The van der Waals surface area contributed by atoms with Gasteiger partial charge in [-0.1, -0.05) is 11.6 Å². The zero-order chi connectivity index (χ0) is 26.4. The fraction of sp³-hybridized carbons (Fsp3) is 0.360. The van der Waals surface area contributed by atoms with Crippen LogP contribution in [0, 0.1) is 23.2 Å². The minimum absolute atomic E-state index is 0.0960. The average Bonchev–Trinajstić information content (AvgIpc) is 3.67. The molecule has 2 aromatic carbocycles. The van der Waals surface area contributed by atoms with Crippen molar-refractivity contribution in [1.29, 1.82) is 5.26 Å². The van der Waals surface area contributed by atoms with Crippen LogP contribution in [0.2, 0.25) is 5.02 Å². The van der Waals surface area contributed by atoms with E-state index in [-0.39, 0.29) is 31.0 Å². The fourth-order valence-electron chi connectivity index (χ4n) is 6.30. The van der Waals surface area contributed by atoms with Gasteiger partial charge in [0.25, 0.3) is 5.88 Å². The van der Waals surface area contributed by atoms with Crippen LogP contribution in [0.1, 0.15) is 25.3 Å². The Balaban J connectivity index is 1.22. The third kappa shape index (κ3) is 2.98. The Morgan fingerprint density at radius 3 is 2.84 bits per heavy atom. The van der Waals surface area contributed by atoms with Crippen molar-refractivity contribution in [1.82, 2.24) is 13.9 Å². The van der Waals surface area contributed by atoms with Crippen LogP contribution in [0.4, 0.5) is 5.69 Å². The minimum atomic E-state index is -1.24. The van der Waals surface area contributed by atoms with E-state index >= 15 is 0 Å². The maximum absolute atomic E-state index is 13.9. The third-order valence-corrected chi connectivity index (χ3v) is 8.80. The molecule has 5 heterocycles. The first-order chi connectivity index (χ1) is 18.3. The van der Waals surface area contributed by atoms with Gasteiger partial charge in [-0.15, -0.1) is 0 Å². The van der Waals surface area contributed by atoms with Crippen LogP contribution >= 0.6 is 23.3 Å². The number of imide groups is 1. The number of nitrogens with zero attached hydrogens (tertiary/aromatic N) is 5. The Kier molecular flexibility index (Phi) is 4.91. The summed E-state index contributed by atoms with van der Waals surface area (Å²) in [6.07, 6.45) is -0.550. The highest BCUT2D eigenvalue weighted by Crippen LogP contribution is 2.62. The molecule has 5 atom stereocenters. The van der Waals surface area contributed by atoms with E-state index < -0.39 is 41.0 Å². The minimum Gasteiger partial charge on any atom is -0.475 e. The number of aromatic nitrogens is 3. The summed E-state index contributed by atoms with van der Waals surface area (Å²) in [5, 5.41) is 25.4. The molecule has 1 N–H and O–H groups in total. The smallest absolute Gasteiger partial charge is 0.262 e. The zero-order valence-electron chi connectivity index (χ0n) is 19.8. The summed E-state index contributed by atoms with van der Waals surface area (Å²) in [7, 11) is 0. The number of aliphatic hydroxyl groups excluding tert-OH is 1. The highest BCUT2D eigenvalue weighted by molar-refractivity contribution is 7.00. The van der Waals surface area contributed by atoms with E-state index in [0.717, 1.165) is 16.6 Å². The molecule has 2 aromatic heterocycles. The van der Waals surface area contributed by atoms with Gasteiger partial charge in [-0.25, -0.2) is 4.90 Å². The molecule has 2 amide bonds. The van der Waals surface area contributed by atoms with Gasteiger partial charge in [0.15, 0.2) is 5.58 Å². The number of aliphatic hydroxyl groups is 1. The Morgan fingerprint density at radius 2 is 2.03 bits per heavy atom. The van der Waals surface area contributed by atoms with Crippen LogP contribution in [-0.4, -0.2) is 54.7 Å². The van der Waals surface area contributed by atoms with Crippen LogP contribution in [0.5, 0.6) is 5.88 Å². The van der Waals surface area contributed by atoms with Crippen molar-refractivity contribution in [3.05, 3.63) is 40.9 Å². The number of carbonyl (C=O) groups excluding carboxylic acids is 2. The van der Waals surface area contributed by atoms with Gasteiger partial charge in [-0.3, -0.25) is 9.59 Å². The molecule has 3 saturated heterocycles. The molecule has 38 heavy (non-hydrogen) atoms. The summed E-state index contributed by atoms with van der Waals surface area (Å²) in [5.41, 5.74) is -0.633. The number of fused-ring (bicyclic) bond motifs is 7. The van der Waals surface area contributed by atoms with Crippen LogP contribution in [0.25, 0.3) is 22.0 Å². The lowest BCUT2D eigenvalue weighted by molar-refractivity contribution is -0.134. The Morgan fingerprint density at radius 1 is 1.24 bits per heavy atom. The van der Waals surface area contributed by atoms with Crippen molar-refractivity contribution >= 4 is 62.8 Å². The second-order valence-electron chi connectivity index (χ2n) is 9.97. The molecule has 0 spiro atoms. The van der Waals surface area contributed by atoms with E-state index in [1.165, 1.54) is 12.1 Å². The van der Waals surface area contributed by atoms with E-state index in [1.807, 2.05) is 0 Å². The van der Waals surface area contributed by atoms with E-state index in [2.05, 4.69) is 20.0 Å². The normalized spacial score (nSPS) is 29.9. The maximum atomic E-state index is 13.9. The highest BCUT2D eigenvalue weighted by Gasteiger charge is 2.77. The number of ether oxygens (including phenoxy) is 2. The predicted octanol–water partition coefficient (Wildman–Crippen LogP) is 3.22. The van der Waals surface area contributed by atoms with Crippen LogP contribution in [0.15, 0.2) is 34.9 Å². The number of hydrogen-bond donors (Lipinski definition) is 1. The van der Waals surface area contributed by atoms with E-state index in [1.54, 1.807) is 25.1 Å². The number of rotatable bonds is 5. The lowest BCUT2D eigenvalue weighted by Gasteiger charge is -2.33. The number of nitriles is 1. The van der Waals surface area contributed by atoms with Crippen molar-refractivity contribution in [2.45, 2.75) is 37.1 Å². The fourth-order valence-corrected chi connectivity index (χ4v) is 7.04. The van der Waals surface area contributed by atoms with Gasteiger partial charge in [-0.2, -0.15) is 14.0 Å². The van der Waals surface area contributed by atoms with Gasteiger partial charge in [0.1, 0.15) is 22.7 Å². The molecule has 11 nitrogen and oxygen atoms in total. The largest absolute Gasteiger partial charge is 0.475 e. The van der Waals surface area contributed by atoms with Crippen molar-refractivity contribution in [3.63, 3.8) is 0 Å².